The zero-order valence-electron chi connectivity index (χ0n) is 14.0. The minimum atomic E-state index is -0.599. The standard InChI is InChI=1S/C19H27NO3/c1-18-9-7-13-11(12(18)4-5-14(18)17(22)23)3-6-15-19(13,2)10-8-16(21)20-15/h8,10-15H,3-7,9H2,1-2H3,(H,20,21)(H,22,23)/t11-,12-,13?,14+,15+,18-,19+/m1/s1. The van der Waals surface area contributed by atoms with Crippen molar-refractivity contribution in [1.29, 1.82) is 0 Å². The van der Waals surface area contributed by atoms with Gasteiger partial charge in [-0.3, -0.25) is 9.59 Å². The smallest absolute Gasteiger partial charge is 0.307 e. The fourth-order valence-electron chi connectivity index (χ4n) is 6.74. The van der Waals surface area contributed by atoms with Crippen molar-refractivity contribution >= 4 is 11.9 Å². The van der Waals surface area contributed by atoms with E-state index in [9.17, 15) is 14.7 Å². The van der Waals surface area contributed by atoms with E-state index in [1.165, 1.54) is 0 Å². The number of amides is 1. The summed E-state index contributed by atoms with van der Waals surface area (Å²) < 4.78 is 0. The molecular weight excluding hydrogens is 290 g/mol. The summed E-state index contributed by atoms with van der Waals surface area (Å²) in [6, 6.07) is 0.252. The van der Waals surface area contributed by atoms with Gasteiger partial charge in [0, 0.05) is 11.5 Å². The molecule has 126 valence electrons. The van der Waals surface area contributed by atoms with E-state index >= 15 is 0 Å². The molecule has 4 nitrogen and oxygen atoms in total. The van der Waals surface area contributed by atoms with E-state index in [1.807, 2.05) is 0 Å². The van der Waals surface area contributed by atoms with Gasteiger partial charge in [-0.2, -0.15) is 0 Å². The van der Waals surface area contributed by atoms with Crippen LogP contribution in [0.4, 0.5) is 0 Å². The van der Waals surface area contributed by atoms with Gasteiger partial charge in [0.25, 0.3) is 0 Å². The molecule has 7 atom stereocenters. The number of hydrogen-bond donors (Lipinski definition) is 2. The normalized spacial score (nSPS) is 51.4. The van der Waals surface area contributed by atoms with Crippen molar-refractivity contribution in [1.82, 2.24) is 5.32 Å². The quantitative estimate of drug-likeness (QED) is 0.781. The first kappa shape index (κ1) is 15.2. The molecule has 0 saturated heterocycles. The molecule has 0 aromatic carbocycles. The van der Waals surface area contributed by atoms with Crippen LogP contribution in [0.25, 0.3) is 0 Å². The second kappa shape index (κ2) is 4.84. The highest BCUT2D eigenvalue weighted by Gasteiger charge is 2.60. The molecule has 3 aliphatic carbocycles. The Morgan fingerprint density at radius 2 is 1.96 bits per heavy atom. The van der Waals surface area contributed by atoms with Crippen LogP contribution in [0.2, 0.25) is 0 Å². The molecule has 1 aliphatic heterocycles. The maximum atomic E-state index is 11.7. The Bertz CT molecular complexity index is 585. The predicted molar refractivity (Wildman–Crippen MR) is 86.6 cm³/mol. The third-order valence-electron chi connectivity index (χ3n) is 7.98. The van der Waals surface area contributed by atoms with Crippen molar-refractivity contribution in [3.05, 3.63) is 12.2 Å². The van der Waals surface area contributed by atoms with Gasteiger partial charge in [-0.1, -0.05) is 19.9 Å². The largest absolute Gasteiger partial charge is 0.481 e. The van der Waals surface area contributed by atoms with Crippen LogP contribution in [0, 0.1) is 34.5 Å². The molecule has 4 aliphatic rings. The van der Waals surface area contributed by atoms with E-state index in [1.54, 1.807) is 6.08 Å². The summed E-state index contributed by atoms with van der Waals surface area (Å²) in [5.41, 5.74) is 0.0112. The van der Waals surface area contributed by atoms with Crippen molar-refractivity contribution in [3.8, 4) is 0 Å². The Balaban J connectivity index is 1.66. The van der Waals surface area contributed by atoms with Crippen LogP contribution in [0.5, 0.6) is 0 Å². The van der Waals surface area contributed by atoms with Crippen molar-refractivity contribution in [2.75, 3.05) is 0 Å². The average molecular weight is 317 g/mol. The van der Waals surface area contributed by atoms with E-state index in [2.05, 4.69) is 25.2 Å². The van der Waals surface area contributed by atoms with Gasteiger partial charge in [-0.25, -0.2) is 0 Å². The van der Waals surface area contributed by atoms with Crippen molar-refractivity contribution in [2.24, 2.45) is 34.5 Å². The Hall–Kier alpha value is -1.32. The number of rotatable bonds is 1. The van der Waals surface area contributed by atoms with E-state index < -0.39 is 5.97 Å². The molecule has 3 fully saturated rings. The minimum absolute atomic E-state index is 0.0299. The number of carboxylic acids is 1. The van der Waals surface area contributed by atoms with Crippen molar-refractivity contribution in [3.63, 3.8) is 0 Å². The van der Waals surface area contributed by atoms with Crippen LogP contribution >= 0.6 is 0 Å². The molecule has 0 bridgehead atoms. The number of carbonyl (C=O) groups is 2. The van der Waals surface area contributed by atoms with Gasteiger partial charge in [0.05, 0.1) is 5.92 Å². The molecule has 23 heavy (non-hydrogen) atoms. The lowest BCUT2D eigenvalue weighted by Gasteiger charge is -2.58. The summed E-state index contributed by atoms with van der Waals surface area (Å²) in [6.45, 7) is 4.53. The molecule has 4 rings (SSSR count). The lowest BCUT2D eigenvalue weighted by Crippen LogP contribution is -2.59. The highest BCUT2D eigenvalue weighted by molar-refractivity contribution is 5.89. The van der Waals surface area contributed by atoms with Gasteiger partial charge in [-0.05, 0) is 67.8 Å². The van der Waals surface area contributed by atoms with E-state index in [0.29, 0.717) is 17.8 Å². The van der Waals surface area contributed by atoms with Gasteiger partial charge in [0.1, 0.15) is 0 Å². The van der Waals surface area contributed by atoms with Crippen LogP contribution in [0.3, 0.4) is 0 Å². The molecule has 0 aromatic heterocycles. The molecule has 4 heteroatoms. The zero-order valence-corrected chi connectivity index (χ0v) is 14.0. The number of hydrogen-bond acceptors (Lipinski definition) is 2. The van der Waals surface area contributed by atoms with Crippen molar-refractivity contribution in [2.45, 2.75) is 58.4 Å². The highest BCUT2D eigenvalue weighted by Crippen LogP contribution is 2.64. The first-order chi connectivity index (χ1) is 10.9. The Kier molecular flexibility index (Phi) is 3.20. The number of nitrogens with one attached hydrogen (secondary N) is 1. The maximum Gasteiger partial charge on any atom is 0.307 e. The van der Waals surface area contributed by atoms with E-state index in [4.69, 9.17) is 0 Å². The molecule has 3 saturated carbocycles. The predicted octanol–water partition coefficient (Wildman–Crippen LogP) is 2.98. The average Bonchev–Trinajstić information content (AvgIpc) is 2.85. The topological polar surface area (TPSA) is 66.4 Å². The van der Waals surface area contributed by atoms with Crippen LogP contribution < -0.4 is 5.32 Å². The van der Waals surface area contributed by atoms with Gasteiger partial charge in [-0.15, -0.1) is 0 Å². The number of carboxylic acid groups (broad SMARTS) is 1. The third kappa shape index (κ3) is 1.96. The first-order valence-corrected chi connectivity index (χ1v) is 9.09. The van der Waals surface area contributed by atoms with Gasteiger partial charge in [0.15, 0.2) is 0 Å². The molecule has 1 unspecified atom stereocenters. The first-order valence-electron chi connectivity index (χ1n) is 9.09. The number of carbonyl (C=O) groups excluding carboxylic acids is 1. The summed E-state index contributed by atoms with van der Waals surface area (Å²) >= 11 is 0. The molecule has 1 heterocycles. The van der Waals surface area contributed by atoms with Gasteiger partial charge >= 0.3 is 5.97 Å². The fraction of sp³-hybridized carbons (Fsp3) is 0.789. The number of aliphatic carboxylic acids is 1. The zero-order chi connectivity index (χ0) is 16.4. The molecule has 2 N–H and O–H groups in total. The SMILES string of the molecule is C[C@@]12CCC3[C@H](CC[C@@H]4NC(=O)C=C[C@@]34C)[C@H]1CC[C@H]2C(=O)O. The second-order valence-electron chi connectivity index (χ2n) is 8.73. The summed E-state index contributed by atoms with van der Waals surface area (Å²) in [5.74, 6) is 0.992. The summed E-state index contributed by atoms with van der Waals surface area (Å²) in [5, 5.41) is 12.8. The van der Waals surface area contributed by atoms with E-state index in [0.717, 1.165) is 38.5 Å². The molecule has 0 aromatic rings. The van der Waals surface area contributed by atoms with E-state index in [-0.39, 0.29) is 28.7 Å². The third-order valence-corrected chi connectivity index (χ3v) is 7.98. The maximum absolute atomic E-state index is 11.7. The Labute approximate surface area is 137 Å². The monoisotopic (exact) mass is 317 g/mol. The van der Waals surface area contributed by atoms with Crippen LogP contribution in [0.1, 0.15) is 52.4 Å². The second-order valence-corrected chi connectivity index (χ2v) is 8.73. The van der Waals surface area contributed by atoms with Crippen LogP contribution in [-0.2, 0) is 9.59 Å². The molecular formula is C19H27NO3. The lowest BCUT2D eigenvalue weighted by molar-refractivity contribution is -0.150. The summed E-state index contributed by atoms with van der Waals surface area (Å²) in [4.78, 5) is 23.4. The fourth-order valence-corrected chi connectivity index (χ4v) is 6.74. The minimum Gasteiger partial charge on any atom is -0.481 e. The summed E-state index contributed by atoms with van der Waals surface area (Å²) in [7, 11) is 0. The van der Waals surface area contributed by atoms with Gasteiger partial charge < -0.3 is 10.4 Å². The van der Waals surface area contributed by atoms with Crippen LogP contribution in [-0.4, -0.2) is 23.0 Å². The molecule has 0 radical (unpaired) electrons. The summed E-state index contributed by atoms with van der Waals surface area (Å²) in [6.07, 6.45) is 10.0. The lowest BCUT2D eigenvalue weighted by atomic mass is 9.48. The Morgan fingerprint density at radius 1 is 1.17 bits per heavy atom. The number of fused-ring (bicyclic) bond motifs is 5. The molecule has 1 amide bonds. The highest BCUT2D eigenvalue weighted by atomic mass is 16.4. The van der Waals surface area contributed by atoms with Gasteiger partial charge in [0.2, 0.25) is 5.91 Å². The molecule has 0 spiro atoms. The Morgan fingerprint density at radius 3 is 2.70 bits per heavy atom. The van der Waals surface area contributed by atoms with Crippen LogP contribution in [0.15, 0.2) is 12.2 Å². The van der Waals surface area contributed by atoms with Crippen molar-refractivity contribution < 1.29 is 14.7 Å².